The third-order valence-electron chi connectivity index (χ3n) is 5.45. The predicted molar refractivity (Wildman–Crippen MR) is 122 cm³/mol. The van der Waals surface area contributed by atoms with E-state index in [0.717, 1.165) is 24.3 Å². The van der Waals surface area contributed by atoms with Crippen molar-refractivity contribution in [3.63, 3.8) is 0 Å². The second-order valence-corrected chi connectivity index (χ2v) is 8.38. The van der Waals surface area contributed by atoms with Crippen LogP contribution in [0.5, 0.6) is 11.5 Å². The average molecular weight is 456 g/mol. The van der Waals surface area contributed by atoms with Crippen molar-refractivity contribution < 1.29 is 23.7 Å². The van der Waals surface area contributed by atoms with Crippen LogP contribution < -0.4 is 9.47 Å². The highest BCUT2D eigenvalue weighted by atomic mass is 19.1. The number of ether oxygens (including phenoxy) is 3. The van der Waals surface area contributed by atoms with Crippen molar-refractivity contribution in [1.29, 1.82) is 0 Å². The molecule has 1 aromatic heterocycles. The average Bonchev–Trinajstić information content (AvgIpc) is 3.26. The number of aliphatic hydroxyl groups is 1. The molecule has 0 amide bonds. The molecule has 0 aliphatic carbocycles. The van der Waals surface area contributed by atoms with E-state index >= 15 is 0 Å². The molecule has 2 aromatic carbocycles. The molecule has 1 fully saturated rings. The Bertz CT molecular complexity index is 984. The number of β-amino-alcohol motifs (C(OH)–C–C–N with tert-alkyl or cyclic N) is 1. The van der Waals surface area contributed by atoms with Crippen molar-refractivity contribution in [3.05, 3.63) is 78.6 Å². The van der Waals surface area contributed by atoms with Crippen LogP contribution in [0.4, 0.5) is 4.39 Å². The van der Waals surface area contributed by atoms with Crippen LogP contribution in [0.2, 0.25) is 0 Å². The summed E-state index contributed by atoms with van der Waals surface area (Å²) in [6, 6.07) is 13.8. The fourth-order valence-electron chi connectivity index (χ4n) is 3.82. The van der Waals surface area contributed by atoms with E-state index in [1.54, 1.807) is 24.7 Å². The van der Waals surface area contributed by atoms with Crippen molar-refractivity contribution in [2.45, 2.75) is 25.1 Å². The van der Waals surface area contributed by atoms with E-state index in [-0.39, 0.29) is 19.0 Å². The molecule has 8 heteroatoms. The third kappa shape index (κ3) is 7.28. The van der Waals surface area contributed by atoms with Crippen LogP contribution in [-0.2, 0) is 17.8 Å². The Morgan fingerprint density at radius 3 is 2.82 bits per heavy atom. The Morgan fingerprint density at radius 1 is 1.12 bits per heavy atom. The summed E-state index contributed by atoms with van der Waals surface area (Å²) < 4.78 is 32.4. The van der Waals surface area contributed by atoms with Gasteiger partial charge in [-0.1, -0.05) is 12.1 Å². The van der Waals surface area contributed by atoms with Crippen LogP contribution in [0, 0.1) is 5.82 Å². The quantitative estimate of drug-likeness (QED) is 0.474. The molecule has 3 aromatic rings. The van der Waals surface area contributed by atoms with Crippen molar-refractivity contribution >= 4 is 0 Å². The van der Waals surface area contributed by atoms with Gasteiger partial charge in [-0.05, 0) is 48.4 Å². The topological polar surface area (TPSA) is 69.0 Å². The van der Waals surface area contributed by atoms with E-state index < -0.39 is 5.60 Å². The van der Waals surface area contributed by atoms with Crippen molar-refractivity contribution in [1.82, 2.24) is 14.5 Å². The maximum absolute atomic E-state index is 13.1. The first-order valence-electron chi connectivity index (χ1n) is 11.2. The standard InChI is InChI=1S/C25H30FN3O4/c26-22-5-7-23(8-6-22)33-19-25(30)17-29(12-14-31-18-25)16-21-3-1-4-24(15-21)32-13-2-10-28-11-9-27-20-28/h1,3-9,11,15,20,30H,2,10,12-14,16-19H2/t25-/m0/s1. The van der Waals surface area contributed by atoms with Gasteiger partial charge in [-0.3, -0.25) is 4.90 Å². The number of benzene rings is 2. The van der Waals surface area contributed by atoms with Crippen LogP contribution >= 0.6 is 0 Å². The summed E-state index contributed by atoms with van der Waals surface area (Å²) in [7, 11) is 0. The predicted octanol–water partition coefficient (Wildman–Crippen LogP) is 3.13. The lowest BCUT2D eigenvalue weighted by Crippen LogP contribution is -2.48. The molecule has 4 rings (SSSR count). The van der Waals surface area contributed by atoms with Gasteiger partial charge < -0.3 is 23.9 Å². The van der Waals surface area contributed by atoms with Gasteiger partial charge in [0.15, 0.2) is 0 Å². The lowest BCUT2D eigenvalue weighted by Gasteiger charge is -2.30. The molecular formula is C25H30FN3O4. The van der Waals surface area contributed by atoms with Crippen LogP contribution in [0.3, 0.4) is 0 Å². The normalized spacial score (nSPS) is 19.2. The summed E-state index contributed by atoms with van der Waals surface area (Å²) in [6.07, 6.45) is 6.41. The summed E-state index contributed by atoms with van der Waals surface area (Å²) in [5.41, 5.74) is -0.0578. The fraction of sp³-hybridized carbons (Fsp3) is 0.400. The van der Waals surface area contributed by atoms with Crippen LogP contribution in [0.15, 0.2) is 67.3 Å². The van der Waals surface area contributed by atoms with Gasteiger partial charge in [0.05, 0.1) is 26.1 Å². The van der Waals surface area contributed by atoms with Gasteiger partial charge in [-0.2, -0.15) is 0 Å². The number of hydrogen-bond donors (Lipinski definition) is 1. The van der Waals surface area contributed by atoms with E-state index in [0.29, 0.717) is 38.6 Å². The molecule has 7 nitrogen and oxygen atoms in total. The van der Waals surface area contributed by atoms with Gasteiger partial charge >= 0.3 is 0 Å². The van der Waals surface area contributed by atoms with E-state index in [1.807, 2.05) is 29.0 Å². The lowest BCUT2D eigenvalue weighted by molar-refractivity contribution is -0.0646. The highest BCUT2D eigenvalue weighted by molar-refractivity contribution is 5.28. The minimum absolute atomic E-state index is 0.0647. The van der Waals surface area contributed by atoms with E-state index in [9.17, 15) is 9.50 Å². The molecule has 0 saturated carbocycles. The van der Waals surface area contributed by atoms with E-state index in [4.69, 9.17) is 14.2 Å². The summed E-state index contributed by atoms with van der Waals surface area (Å²) in [6.45, 7) is 4.04. The van der Waals surface area contributed by atoms with Gasteiger partial charge in [-0.15, -0.1) is 0 Å². The first-order chi connectivity index (χ1) is 16.1. The molecule has 2 heterocycles. The molecule has 1 N–H and O–H groups in total. The molecule has 0 bridgehead atoms. The van der Waals surface area contributed by atoms with Gasteiger partial charge in [-0.25, -0.2) is 9.37 Å². The zero-order chi connectivity index (χ0) is 22.9. The molecule has 176 valence electrons. The number of rotatable bonds is 10. The Kier molecular flexibility index (Phi) is 7.93. The Hall–Kier alpha value is -2.94. The Labute approximate surface area is 193 Å². The number of aryl methyl sites for hydroxylation is 1. The highest BCUT2D eigenvalue weighted by Crippen LogP contribution is 2.20. The zero-order valence-corrected chi connectivity index (χ0v) is 18.6. The van der Waals surface area contributed by atoms with Crippen molar-refractivity contribution in [2.75, 3.05) is 39.5 Å². The lowest BCUT2D eigenvalue weighted by atomic mass is 10.1. The van der Waals surface area contributed by atoms with Gasteiger partial charge in [0, 0.05) is 38.6 Å². The minimum atomic E-state index is -1.16. The minimum Gasteiger partial charge on any atom is -0.494 e. The fourth-order valence-corrected chi connectivity index (χ4v) is 3.82. The largest absolute Gasteiger partial charge is 0.494 e. The SMILES string of the molecule is O[C@]1(COc2ccc(F)cc2)COCCN(Cc2cccc(OCCCn3ccnc3)c2)C1. The smallest absolute Gasteiger partial charge is 0.134 e. The molecular weight excluding hydrogens is 425 g/mol. The monoisotopic (exact) mass is 455 g/mol. The molecule has 1 saturated heterocycles. The Balaban J connectivity index is 1.28. The summed E-state index contributed by atoms with van der Waals surface area (Å²) in [5, 5.41) is 11.1. The number of halogens is 1. The highest BCUT2D eigenvalue weighted by Gasteiger charge is 2.33. The molecule has 1 aliphatic rings. The number of hydrogen-bond acceptors (Lipinski definition) is 6. The van der Waals surface area contributed by atoms with Crippen LogP contribution in [0.1, 0.15) is 12.0 Å². The van der Waals surface area contributed by atoms with Crippen LogP contribution in [0.25, 0.3) is 0 Å². The third-order valence-corrected chi connectivity index (χ3v) is 5.45. The summed E-state index contributed by atoms with van der Waals surface area (Å²) in [4.78, 5) is 6.19. The molecule has 33 heavy (non-hydrogen) atoms. The first-order valence-corrected chi connectivity index (χ1v) is 11.2. The van der Waals surface area contributed by atoms with Gasteiger partial charge in [0.1, 0.15) is 29.5 Å². The van der Waals surface area contributed by atoms with Crippen molar-refractivity contribution in [2.24, 2.45) is 0 Å². The zero-order valence-electron chi connectivity index (χ0n) is 18.6. The Morgan fingerprint density at radius 2 is 2.00 bits per heavy atom. The number of aromatic nitrogens is 2. The van der Waals surface area contributed by atoms with E-state index in [2.05, 4.69) is 16.0 Å². The maximum atomic E-state index is 13.1. The van der Waals surface area contributed by atoms with Crippen LogP contribution in [-0.4, -0.2) is 64.7 Å². The molecule has 0 radical (unpaired) electrons. The van der Waals surface area contributed by atoms with Crippen molar-refractivity contribution in [3.8, 4) is 11.5 Å². The number of imidazole rings is 1. The molecule has 1 aliphatic heterocycles. The number of nitrogens with zero attached hydrogens (tertiary/aromatic N) is 3. The summed E-state index contributed by atoms with van der Waals surface area (Å²) >= 11 is 0. The van der Waals surface area contributed by atoms with E-state index in [1.165, 1.54) is 12.1 Å². The second kappa shape index (κ2) is 11.3. The molecule has 1 atom stereocenters. The summed E-state index contributed by atoms with van der Waals surface area (Å²) in [5.74, 6) is 1.02. The first kappa shape index (κ1) is 23.2. The van der Waals surface area contributed by atoms with Gasteiger partial charge in [0.2, 0.25) is 0 Å². The molecule has 0 unspecified atom stereocenters. The van der Waals surface area contributed by atoms with Gasteiger partial charge in [0.25, 0.3) is 0 Å². The molecule has 0 spiro atoms. The second-order valence-electron chi connectivity index (χ2n) is 8.38. The maximum Gasteiger partial charge on any atom is 0.134 e.